The molecule has 1 saturated heterocycles. The maximum Gasteiger partial charge on any atom is 0.158 e. The Morgan fingerprint density at radius 2 is 2.09 bits per heavy atom. The van der Waals surface area contributed by atoms with Gasteiger partial charge in [0.25, 0.3) is 0 Å². The predicted molar refractivity (Wildman–Crippen MR) is 90.4 cm³/mol. The van der Waals surface area contributed by atoms with Gasteiger partial charge in [0.15, 0.2) is 5.78 Å². The number of benzene rings is 1. The molecule has 1 fully saturated rings. The summed E-state index contributed by atoms with van der Waals surface area (Å²) in [5, 5.41) is 20.6. The number of carbonyl (C=O) groups excluding carboxylic acids is 1. The van der Waals surface area contributed by atoms with Crippen molar-refractivity contribution < 1.29 is 9.90 Å². The zero-order chi connectivity index (χ0) is 16.6. The molecule has 2 unspecified atom stereocenters. The van der Waals surface area contributed by atoms with Crippen LogP contribution in [-0.2, 0) is 4.79 Å². The number of Topliss-reactive ketones (excluding diaryl/α,β-unsaturated/α-hetero) is 1. The lowest BCUT2D eigenvalue weighted by Gasteiger charge is -2.41. The van der Waals surface area contributed by atoms with Gasteiger partial charge in [-0.15, -0.1) is 11.8 Å². The van der Waals surface area contributed by atoms with Crippen LogP contribution in [0.3, 0.4) is 0 Å². The Morgan fingerprint density at radius 1 is 1.39 bits per heavy atom. The molecular weight excluding hydrogens is 308 g/mol. The smallest absolute Gasteiger partial charge is 0.158 e. The molecule has 23 heavy (non-hydrogen) atoms. The summed E-state index contributed by atoms with van der Waals surface area (Å²) in [6.07, 6.45) is -0.458. The van der Waals surface area contributed by atoms with Crippen molar-refractivity contribution in [2.45, 2.75) is 25.9 Å². The number of ketones is 1. The number of fused-ring (bicyclic) bond motifs is 1. The molecule has 0 amide bonds. The van der Waals surface area contributed by atoms with Crippen LogP contribution in [0.1, 0.15) is 25.3 Å². The highest BCUT2D eigenvalue weighted by Gasteiger charge is 2.38. The summed E-state index contributed by atoms with van der Waals surface area (Å²) in [4.78, 5) is 14.2. The molecule has 0 radical (unpaired) electrons. The molecule has 1 N–H and O–H groups in total. The third-order valence-electron chi connectivity index (χ3n) is 4.29. The van der Waals surface area contributed by atoms with E-state index in [1.165, 1.54) is 11.8 Å². The molecule has 3 rings (SSSR count). The third-order valence-corrected chi connectivity index (χ3v) is 5.55. The SMILES string of the molecule is CC(=O)C1=C(C)N2CC(O)CSC2=C(C#N)C1c1ccccc1. The lowest BCUT2D eigenvalue weighted by atomic mass is 9.80. The Kier molecular flexibility index (Phi) is 4.29. The number of carbonyl (C=O) groups is 1. The molecule has 2 aliphatic rings. The summed E-state index contributed by atoms with van der Waals surface area (Å²) in [7, 11) is 0. The normalized spacial score (nSPS) is 24.3. The Morgan fingerprint density at radius 3 is 2.70 bits per heavy atom. The second kappa shape index (κ2) is 6.23. The van der Waals surface area contributed by atoms with Gasteiger partial charge in [0.05, 0.1) is 35.2 Å². The van der Waals surface area contributed by atoms with Crippen molar-refractivity contribution >= 4 is 17.5 Å². The van der Waals surface area contributed by atoms with Crippen LogP contribution in [-0.4, -0.2) is 34.2 Å². The van der Waals surface area contributed by atoms with Crippen molar-refractivity contribution in [3.8, 4) is 6.07 Å². The molecule has 0 bridgehead atoms. The molecular formula is C18H18N2O2S. The Labute approximate surface area is 140 Å². The molecule has 2 heterocycles. The topological polar surface area (TPSA) is 64.3 Å². The van der Waals surface area contributed by atoms with Crippen molar-refractivity contribution in [3.05, 3.63) is 57.8 Å². The highest BCUT2D eigenvalue weighted by molar-refractivity contribution is 8.03. The number of nitriles is 1. The van der Waals surface area contributed by atoms with Crippen LogP contribution in [0.25, 0.3) is 0 Å². The van der Waals surface area contributed by atoms with Crippen molar-refractivity contribution in [1.29, 1.82) is 5.26 Å². The first kappa shape index (κ1) is 15.9. The molecule has 118 valence electrons. The maximum atomic E-state index is 12.3. The molecule has 0 spiro atoms. The Bertz CT molecular complexity index is 746. The van der Waals surface area contributed by atoms with Crippen LogP contribution in [0.5, 0.6) is 0 Å². The molecule has 1 aromatic rings. The Balaban J connectivity index is 2.21. The number of rotatable bonds is 2. The second-order valence-electron chi connectivity index (χ2n) is 5.81. The number of allylic oxidation sites excluding steroid dienone is 3. The summed E-state index contributed by atoms with van der Waals surface area (Å²) in [6, 6.07) is 12.0. The van der Waals surface area contributed by atoms with E-state index in [9.17, 15) is 15.2 Å². The van der Waals surface area contributed by atoms with Crippen molar-refractivity contribution in [2.24, 2.45) is 0 Å². The predicted octanol–water partition coefficient (Wildman–Crippen LogP) is 2.79. The minimum Gasteiger partial charge on any atom is -0.390 e. The van der Waals surface area contributed by atoms with E-state index < -0.39 is 6.10 Å². The van der Waals surface area contributed by atoms with E-state index in [0.29, 0.717) is 23.4 Å². The van der Waals surface area contributed by atoms with E-state index >= 15 is 0 Å². The van der Waals surface area contributed by atoms with Gasteiger partial charge in [0.1, 0.15) is 0 Å². The number of hydrogen-bond acceptors (Lipinski definition) is 5. The van der Waals surface area contributed by atoms with E-state index in [0.717, 1.165) is 16.3 Å². The van der Waals surface area contributed by atoms with E-state index in [4.69, 9.17) is 0 Å². The molecule has 2 atom stereocenters. The van der Waals surface area contributed by atoms with E-state index in [1.807, 2.05) is 42.2 Å². The third kappa shape index (κ3) is 2.69. The molecule has 0 aromatic heterocycles. The number of nitrogens with zero attached hydrogens (tertiary/aromatic N) is 2. The summed E-state index contributed by atoms with van der Waals surface area (Å²) in [6.45, 7) is 3.87. The fourth-order valence-corrected chi connectivity index (χ4v) is 4.43. The Hall–Kier alpha value is -2.03. The molecule has 5 heteroatoms. The van der Waals surface area contributed by atoms with Crippen molar-refractivity contribution in [3.63, 3.8) is 0 Å². The first-order valence-electron chi connectivity index (χ1n) is 7.54. The lowest BCUT2D eigenvalue weighted by Crippen LogP contribution is -2.40. The van der Waals surface area contributed by atoms with Gasteiger partial charge < -0.3 is 10.0 Å². The highest BCUT2D eigenvalue weighted by Crippen LogP contribution is 2.46. The fraction of sp³-hybridized carbons (Fsp3) is 0.333. The van der Waals surface area contributed by atoms with Crippen molar-refractivity contribution in [1.82, 2.24) is 4.90 Å². The molecule has 0 aliphatic carbocycles. The minimum absolute atomic E-state index is 0.0341. The quantitative estimate of drug-likeness (QED) is 0.905. The number of aliphatic hydroxyl groups excluding tert-OH is 1. The molecule has 1 aromatic carbocycles. The zero-order valence-corrected chi connectivity index (χ0v) is 13.9. The molecule has 2 aliphatic heterocycles. The van der Waals surface area contributed by atoms with Crippen LogP contribution in [0, 0.1) is 11.3 Å². The summed E-state index contributed by atoms with van der Waals surface area (Å²) < 4.78 is 0. The van der Waals surface area contributed by atoms with Gasteiger partial charge in [0, 0.05) is 17.0 Å². The monoisotopic (exact) mass is 326 g/mol. The van der Waals surface area contributed by atoms with Crippen LogP contribution < -0.4 is 0 Å². The number of thioether (sulfide) groups is 1. The van der Waals surface area contributed by atoms with Gasteiger partial charge >= 0.3 is 0 Å². The van der Waals surface area contributed by atoms with Gasteiger partial charge in [0.2, 0.25) is 0 Å². The second-order valence-corrected chi connectivity index (χ2v) is 6.81. The van der Waals surface area contributed by atoms with Gasteiger partial charge in [-0.2, -0.15) is 5.26 Å². The standard InChI is InChI=1S/C18H18N2O2S/c1-11-16(12(2)21)17(13-6-4-3-5-7-13)15(8-19)18-20(11)9-14(22)10-23-18/h3-7,14,17,22H,9-10H2,1-2H3. The van der Waals surface area contributed by atoms with Crippen LogP contribution in [0.2, 0.25) is 0 Å². The zero-order valence-electron chi connectivity index (χ0n) is 13.1. The van der Waals surface area contributed by atoms with Gasteiger partial charge in [-0.25, -0.2) is 0 Å². The fourth-order valence-electron chi connectivity index (χ4n) is 3.28. The number of hydrogen-bond donors (Lipinski definition) is 1. The van der Waals surface area contributed by atoms with Crippen molar-refractivity contribution in [2.75, 3.05) is 12.3 Å². The summed E-state index contributed by atoms with van der Waals surface area (Å²) in [5.74, 6) is 0.210. The van der Waals surface area contributed by atoms with Crippen LogP contribution >= 0.6 is 11.8 Å². The first-order chi connectivity index (χ1) is 11.0. The summed E-state index contributed by atoms with van der Waals surface area (Å²) in [5.41, 5.74) is 3.04. The van der Waals surface area contributed by atoms with Gasteiger partial charge in [-0.3, -0.25) is 4.79 Å². The first-order valence-corrected chi connectivity index (χ1v) is 8.52. The van der Waals surface area contributed by atoms with Crippen LogP contribution in [0.4, 0.5) is 0 Å². The maximum absolute atomic E-state index is 12.3. The average Bonchev–Trinajstić information content (AvgIpc) is 2.55. The largest absolute Gasteiger partial charge is 0.390 e. The van der Waals surface area contributed by atoms with E-state index in [2.05, 4.69) is 6.07 Å². The molecule has 4 nitrogen and oxygen atoms in total. The lowest BCUT2D eigenvalue weighted by molar-refractivity contribution is -0.114. The van der Waals surface area contributed by atoms with E-state index in [-0.39, 0.29) is 11.7 Å². The van der Waals surface area contributed by atoms with Gasteiger partial charge in [-0.05, 0) is 19.4 Å². The molecule has 0 saturated carbocycles. The average molecular weight is 326 g/mol. The van der Waals surface area contributed by atoms with E-state index in [1.54, 1.807) is 6.92 Å². The summed E-state index contributed by atoms with van der Waals surface area (Å²) >= 11 is 1.49. The van der Waals surface area contributed by atoms with Gasteiger partial charge in [-0.1, -0.05) is 30.3 Å². The highest BCUT2D eigenvalue weighted by atomic mass is 32.2. The van der Waals surface area contributed by atoms with Crippen LogP contribution in [0.15, 0.2) is 52.2 Å². The number of aliphatic hydroxyl groups is 1. The minimum atomic E-state index is -0.458.